The summed E-state index contributed by atoms with van der Waals surface area (Å²) in [6, 6.07) is 1.44. The number of anilines is 1. The number of carbonyl (C=O) groups is 1. The molecule has 1 aliphatic rings. The van der Waals surface area contributed by atoms with Crippen molar-refractivity contribution < 1.29 is 4.79 Å². The minimum atomic E-state index is -0.323. The van der Waals surface area contributed by atoms with Crippen molar-refractivity contribution in [1.29, 1.82) is 0 Å². The number of thioether (sulfide) groups is 1. The highest BCUT2D eigenvalue weighted by Gasteiger charge is 2.22. The van der Waals surface area contributed by atoms with E-state index in [4.69, 9.17) is 0 Å². The Morgan fingerprint density at radius 1 is 1.42 bits per heavy atom. The van der Waals surface area contributed by atoms with Gasteiger partial charge in [-0.2, -0.15) is 0 Å². The number of amides is 1. The van der Waals surface area contributed by atoms with E-state index < -0.39 is 0 Å². The SMILES string of the molecule is CC[C@H](Sc1nc(C)cc(=O)[nH]1)C(=O)Nc1nc2c(s1)CCCC2. The smallest absolute Gasteiger partial charge is 0.251 e. The summed E-state index contributed by atoms with van der Waals surface area (Å²) in [5.74, 6) is -0.0993. The van der Waals surface area contributed by atoms with Crippen LogP contribution >= 0.6 is 23.1 Å². The molecule has 0 saturated carbocycles. The minimum Gasteiger partial charge on any atom is -0.301 e. The lowest BCUT2D eigenvalue weighted by Crippen LogP contribution is -2.25. The van der Waals surface area contributed by atoms with Crippen molar-refractivity contribution in [1.82, 2.24) is 15.0 Å². The number of nitrogens with zero attached hydrogens (tertiary/aromatic N) is 2. The molecule has 2 aromatic heterocycles. The van der Waals surface area contributed by atoms with Crippen LogP contribution in [-0.4, -0.2) is 26.1 Å². The lowest BCUT2D eigenvalue weighted by Gasteiger charge is -2.12. The number of carbonyl (C=O) groups excluding carboxylic acids is 1. The van der Waals surface area contributed by atoms with Gasteiger partial charge in [-0.05, 0) is 39.0 Å². The van der Waals surface area contributed by atoms with E-state index in [2.05, 4.69) is 20.3 Å². The molecule has 2 heterocycles. The first kappa shape index (κ1) is 17.2. The number of rotatable bonds is 5. The van der Waals surface area contributed by atoms with Crippen LogP contribution < -0.4 is 10.9 Å². The van der Waals surface area contributed by atoms with E-state index in [0.29, 0.717) is 22.4 Å². The maximum Gasteiger partial charge on any atom is 0.251 e. The van der Waals surface area contributed by atoms with Crippen molar-refractivity contribution in [2.45, 2.75) is 56.4 Å². The Morgan fingerprint density at radius 2 is 2.21 bits per heavy atom. The molecule has 1 amide bonds. The normalized spacial score (nSPS) is 14.9. The Kier molecular flexibility index (Phi) is 5.35. The molecule has 0 fully saturated rings. The zero-order valence-corrected chi connectivity index (χ0v) is 15.4. The molecule has 1 aliphatic carbocycles. The average Bonchev–Trinajstić information content (AvgIpc) is 2.93. The Hall–Kier alpha value is -1.67. The summed E-state index contributed by atoms with van der Waals surface area (Å²) >= 11 is 2.85. The van der Waals surface area contributed by atoms with Crippen molar-refractivity contribution >= 4 is 34.1 Å². The fourth-order valence-corrected chi connectivity index (χ4v) is 4.67. The average molecular weight is 364 g/mol. The molecule has 6 nitrogen and oxygen atoms in total. The van der Waals surface area contributed by atoms with Gasteiger partial charge in [-0.3, -0.25) is 9.59 Å². The summed E-state index contributed by atoms with van der Waals surface area (Å²) in [4.78, 5) is 36.9. The molecular formula is C16H20N4O2S2. The van der Waals surface area contributed by atoms with Crippen LogP contribution in [0.25, 0.3) is 0 Å². The third-order valence-corrected chi connectivity index (χ3v) is 6.16. The van der Waals surface area contributed by atoms with Crippen LogP contribution in [0.1, 0.15) is 42.5 Å². The zero-order valence-electron chi connectivity index (χ0n) is 13.7. The third-order valence-electron chi connectivity index (χ3n) is 3.84. The van der Waals surface area contributed by atoms with Crippen molar-refractivity contribution in [2.24, 2.45) is 0 Å². The Morgan fingerprint density at radius 3 is 2.92 bits per heavy atom. The van der Waals surface area contributed by atoms with Crippen molar-refractivity contribution in [2.75, 3.05) is 5.32 Å². The molecule has 8 heteroatoms. The Balaban J connectivity index is 1.69. The van der Waals surface area contributed by atoms with Gasteiger partial charge in [-0.25, -0.2) is 9.97 Å². The number of aromatic amines is 1. The maximum atomic E-state index is 12.5. The molecule has 0 bridgehead atoms. The molecule has 3 rings (SSSR count). The number of aryl methyl sites for hydroxylation is 3. The van der Waals surface area contributed by atoms with Crippen molar-refractivity contribution in [3.05, 3.63) is 32.7 Å². The maximum absolute atomic E-state index is 12.5. The van der Waals surface area contributed by atoms with Gasteiger partial charge in [0.05, 0.1) is 10.9 Å². The van der Waals surface area contributed by atoms with Gasteiger partial charge in [0.2, 0.25) is 5.91 Å². The third kappa shape index (κ3) is 4.05. The summed E-state index contributed by atoms with van der Waals surface area (Å²) in [5.41, 5.74) is 1.57. The van der Waals surface area contributed by atoms with Crippen LogP contribution in [0.4, 0.5) is 5.13 Å². The number of H-pyrrole nitrogens is 1. The highest BCUT2D eigenvalue weighted by atomic mass is 32.2. The topological polar surface area (TPSA) is 87.7 Å². The number of hydrogen-bond acceptors (Lipinski definition) is 6. The largest absolute Gasteiger partial charge is 0.301 e. The van der Waals surface area contributed by atoms with Gasteiger partial charge in [-0.15, -0.1) is 11.3 Å². The predicted molar refractivity (Wildman–Crippen MR) is 96.9 cm³/mol. The van der Waals surface area contributed by atoms with E-state index in [0.717, 1.165) is 18.5 Å². The molecule has 0 saturated heterocycles. The van der Waals surface area contributed by atoms with Crippen LogP contribution in [0.5, 0.6) is 0 Å². The fraction of sp³-hybridized carbons (Fsp3) is 0.500. The molecule has 0 unspecified atom stereocenters. The molecule has 0 spiro atoms. The van der Waals surface area contributed by atoms with E-state index in [-0.39, 0.29) is 16.7 Å². The van der Waals surface area contributed by atoms with Crippen LogP contribution in [0.2, 0.25) is 0 Å². The van der Waals surface area contributed by atoms with Gasteiger partial charge >= 0.3 is 0 Å². The standard InChI is InChI=1S/C16H20N4O2S2/c1-3-11(23-15-17-9(2)8-13(21)19-15)14(22)20-16-18-10-6-4-5-7-12(10)24-16/h8,11H,3-7H2,1-2H3,(H,17,19,21)(H,18,20,22)/t11-/m0/s1. The predicted octanol–water partition coefficient (Wildman–Crippen LogP) is 2.92. The summed E-state index contributed by atoms with van der Waals surface area (Å²) in [6.45, 7) is 3.71. The fourth-order valence-electron chi connectivity index (χ4n) is 2.66. The first-order valence-corrected chi connectivity index (χ1v) is 9.79. The van der Waals surface area contributed by atoms with Crippen LogP contribution in [0.15, 0.2) is 16.0 Å². The van der Waals surface area contributed by atoms with Crippen molar-refractivity contribution in [3.63, 3.8) is 0 Å². The van der Waals surface area contributed by atoms with E-state index in [1.807, 2.05) is 6.92 Å². The summed E-state index contributed by atoms with van der Waals surface area (Å²) in [7, 11) is 0. The summed E-state index contributed by atoms with van der Waals surface area (Å²) in [5, 5.41) is 3.75. The highest BCUT2D eigenvalue weighted by Crippen LogP contribution is 2.30. The molecule has 128 valence electrons. The van der Waals surface area contributed by atoms with Gasteiger partial charge in [0, 0.05) is 16.6 Å². The number of nitrogens with one attached hydrogen (secondary N) is 2. The molecule has 0 radical (unpaired) electrons. The van der Waals surface area contributed by atoms with Crippen LogP contribution in [0, 0.1) is 6.92 Å². The van der Waals surface area contributed by atoms with Gasteiger partial charge in [0.25, 0.3) is 5.56 Å². The first-order chi connectivity index (χ1) is 11.5. The molecule has 1 atom stereocenters. The molecule has 0 aliphatic heterocycles. The second-order valence-electron chi connectivity index (χ2n) is 5.79. The molecule has 24 heavy (non-hydrogen) atoms. The van der Waals surface area contributed by atoms with Crippen molar-refractivity contribution in [3.8, 4) is 0 Å². The number of hydrogen-bond donors (Lipinski definition) is 2. The number of thiazole rings is 1. The molecule has 2 N–H and O–H groups in total. The van der Waals surface area contributed by atoms with Gasteiger partial charge in [-0.1, -0.05) is 18.7 Å². The monoisotopic (exact) mass is 364 g/mol. The quantitative estimate of drug-likeness (QED) is 0.629. The van der Waals surface area contributed by atoms with E-state index in [1.165, 1.54) is 35.5 Å². The van der Waals surface area contributed by atoms with E-state index >= 15 is 0 Å². The lowest BCUT2D eigenvalue weighted by atomic mass is 10.0. The van der Waals surface area contributed by atoms with Gasteiger partial charge in [0.1, 0.15) is 0 Å². The Labute approximate surface area is 148 Å². The van der Waals surface area contributed by atoms with Crippen LogP contribution in [0.3, 0.4) is 0 Å². The lowest BCUT2D eigenvalue weighted by molar-refractivity contribution is -0.115. The number of aromatic nitrogens is 3. The summed E-state index contributed by atoms with van der Waals surface area (Å²) < 4.78 is 0. The summed E-state index contributed by atoms with van der Waals surface area (Å²) in [6.07, 6.45) is 5.07. The second kappa shape index (κ2) is 7.48. The van der Waals surface area contributed by atoms with E-state index in [1.54, 1.807) is 18.3 Å². The number of fused-ring (bicyclic) bond motifs is 1. The highest BCUT2D eigenvalue weighted by molar-refractivity contribution is 8.00. The Bertz CT molecular complexity index is 776. The molecule has 0 aromatic carbocycles. The first-order valence-electron chi connectivity index (χ1n) is 8.09. The molecule has 2 aromatic rings. The van der Waals surface area contributed by atoms with Gasteiger partial charge < -0.3 is 10.3 Å². The minimum absolute atomic E-state index is 0.0993. The van der Waals surface area contributed by atoms with Crippen LogP contribution in [-0.2, 0) is 17.6 Å². The molecular weight excluding hydrogens is 344 g/mol. The van der Waals surface area contributed by atoms with E-state index in [9.17, 15) is 9.59 Å². The van der Waals surface area contributed by atoms with Gasteiger partial charge in [0.15, 0.2) is 10.3 Å². The zero-order chi connectivity index (χ0) is 17.1. The second-order valence-corrected chi connectivity index (χ2v) is 8.07.